The number of alkyl halides is 3. The van der Waals surface area contributed by atoms with Crippen LogP contribution in [0.15, 0.2) is 30.3 Å². The van der Waals surface area contributed by atoms with Gasteiger partial charge in [0.05, 0.1) is 0 Å². The minimum absolute atomic E-state index is 0.327. The van der Waals surface area contributed by atoms with Gasteiger partial charge in [0.25, 0.3) is 0 Å². The number of carbonyl (C=O) groups excluding carboxylic acids is 1. The molecule has 0 saturated carbocycles. The van der Waals surface area contributed by atoms with Crippen molar-refractivity contribution in [3.05, 3.63) is 35.9 Å². The van der Waals surface area contributed by atoms with Gasteiger partial charge in [-0.25, -0.2) is 0 Å². The Labute approximate surface area is 90.0 Å². The average Bonchev–Trinajstić information content (AvgIpc) is 2.61. The lowest BCUT2D eigenvalue weighted by Gasteiger charge is -2.10. The van der Waals surface area contributed by atoms with E-state index in [2.05, 4.69) is 0 Å². The minimum Gasteiger partial charge on any atom is -0.457 e. The highest BCUT2D eigenvalue weighted by atomic mass is 19.4. The van der Waals surface area contributed by atoms with Gasteiger partial charge in [-0.05, 0) is 5.56 Å². The highest BCUT2D eigenvalue weighted by Crippen LogP contribution is 2.41. The Hall–Kier alpha value is -1.52. The molecule has 1 aromatic rings. The Morgan fingerprint density at radius 2 is 1.81 bits per heavy atom. The monoisotopic (exact) mass is 230 g/mol. The smallest absolute Gasteiger partial charge is 0.402 e. The van der Waals surface area contributed by atoms with E-state index in [0.29, 0.717) is 5.56 Å². The molecule has 2 atom stereocenters. The molecule has 0 N–H and O–H groups in total. The van der Waals surface area contributed by atoms with E-state index >= 15 is 0 Å². The molecule has 1 fully saturated rings. The lowest BCUT2D eigenvalue weighted by Crippen LogP contribution is -2.26. The summed E-state index contributed by atoms with van der Waals surface area (Å²) in [6.45, 7) is 0. The second-order valence-corrected chi connectivity index (χ2v) is 3.67. The van der Waals surface area contributed by atoms with Crippen molar-refractivity contribution in [1.29, 1.82) is 0 Å². The van der Waals surface area contributed by atoms with Crippen LogP contribution in [-0.2, 0) is 9.53 Å². The molecule has 1 aliphatic heterocycles. The minimum atomic E-state index is -4.51. The molecule has 1 saturated heterocycles. The van der Waals surface area contributed by atoms with Crippen LogP contribution < -0.4 is 0 Å². The molecule has 0 radical (unpaired) electrons. The van der Waals surface area contributed by atoms with Crippen molar-refractivity contribution in [2.45, 2.75) is 18.7 Å². The van der Waals surface area contributed by atoms with Crippen molar-refractivity contribution >= 4 is 5.97 Å². The molecule has 0 aromatic heterocycles. The summed E-state index contributed by atoms with van der Waals surface area (Å²) in [6, 6.07) is 8.45. The largest absolute Gasteiger partial charge is 0.457 e. The second-order valence-electron chi connectivity index (χ2n) is 3.67. The number of ether oxygens (including phenoxy) is 1. The summed E-state index contributed by atoms with van der Waals surface area (Å²) in [4.78, 5) is 11.1. The molecule has 0 amide bonds. The first-order chi connectivity index (χ1) is 7.48. The summed E-state index contributed by atoms with van der Waals surface area (Å²) < 4.78 is 41.9. The number of esters is 1. The normalized spacial score (nSPS) is 25.6. The number of hydrogen-bond acceptors (Lipinski definition) is 2. The van der Waals surface area contributed by atoms with Crippen LogP contribution in [0.3, 0.4) is 0 Å². The topological polar surface area (TPSA) is 26.3 Å². The van der Waals surface area contributed by atoms with E-state index in [9.17, 15) is 18.0 Å². The van der Waals surface area contributed by atoms with E-state index in [4.69, 9.17) is 4.74 Å². The van der Waals surface area contributed by atoms with Crippen molar-refractivity contribution in [3.8, 4) is 0 Å². The van der Waals surface area contributed by atoms with Crippen LogP contribution in [0.5, 0.6) is 0 Å². The fourth-order valence-electron chi connectivity index (χ4n) is 1.72. The molecule has 1 aromatic carbocycles. The molecule has 0 spiro atoms. The van der Waals surface area contributed by atoms with Crippen LogP contribution in [0.2, 0.25) is 0 Å². The Morgan fingerprint density at radius 3 is 2.31 bits per heavy atom. The van der Waals surface area contributed by atoms with Crippen LogP contribution in [0.25, 0.3) is 0 Å². The van der Waals surface area contributed by atoms with Crippen LogP contribution in [-0.4, -0.2) is 12.1 Å². The van der Waals surface area contributed by atoms with E-state index in [1.807, 2.05) is 0 Å². The molecular weight excluding hydrogens is 221 g/mol. The standard InChI is InChI=1S/C11H9F3O2/c12-11(13,14)8-6-9(16-10(8)15)7-4-2-1-3-5-7/h1-5,8-9H,6H2/t8-,9-/m0/s1. The zero-order valence-corrected chi connectivity index (χ0v) is 8.20. The van der Waals surface area contributed by atoms with Gasteiger partial charge in [0.2, 0.25) is 0 Å². The SMILES string of the molecule is O=C1O[C@H](c2ccccc2)C[C@@H]1C(F)(F)F. The lowest BCUT2D eigenvalue weighted by molar-refractivity contribution is -0.185. The van der Waals surface area contributed by atoms with Crippen LogP contribution in [0, 0.1) is 5.92 Å². The van der Waals surface area contributed by atoms with Gasteiger partial charge in [-0.3, -0.25) is 4.79 Å². The van der Waals surface area contributed by atoms with E-state index in [1.165, 1.54) is 0 Å². The van der Waals surface area contributed by atoms with Crippen LogP contribution in [0.4, 0.5) is 13.2 Å². The molecule has 0 bridgehead atoms. The zero-order chi connectivity index (χ0) is 11.8. The van der Waals surface area contributed by atoms with E-state index in [-0.39, 0.29) is 6.42 Å². The predicted molar refractivity (Wildman–Crippen MR) is 49.4 cm³/mol. The summed E-state index contributed by atoms with van der Waals surface area (Å²) in [5, 5.41) is 0. The Kier molecular flexibility index (Phi) is 2.61. The van der Waals surface area contributed by atoms with Crippen molar-refractivity contribution in [1.82, 2.24) is 0 Å². The van der Waals surface area contributed by atoms with Crippen molar-refractivity contribution in [3.63, 3.8) is 0 Å². The van der Waals surface area contributed by atoms with Crippen molar-refractivity contribution in [2.75, 3.05) is 0 Å². The lowest BCUT2D eigenvalue weighted by atomic mass is 10.00. The molecule has 16 heavy (non-hydrogen) atoms. The molecule has 5 heteroatoms. The molecule has 0 aliphatic carbocycles. The highest BCUT2D eigenvalue weighted by Gasteiger charge is 2.52. The summed E-state index contributed by atoms with van der Waals surface area (Å²) in [5.74, 6) is -3.17. The van der Waals surface area contributed by atoms with E-state index < -0.39 is 24.2 Å². The predicted octanol–water partition coefficient (Wildman–Crippen LogP) is 2.85. The summed E-state index contributed by atoms with van der Waals surface area (Å²) in [7, 11) is 0. The molecule has 1 aliphatic rings. The van der Waals surface area contributed by atoms with Gasteiger partial charge in [-0.1, -0.05) is 30.3 Å². The number of hydrogen-bond donors (Lipinski definition) is 0. The van der Waals surface area contributed by atoms with E-state index in [0.717, 1.165) is 0 Å². The molecule has 2 rings (SSSR count). The molecule has 2 nitrogen and oxygen atoms in total. The maximum absolute atomic E-state index is 12.4. The maximum Gasteiger partial charge on any atom is 0.402 e. The zero-order valence-electron chi connectivity index (χ0n) is 8.20. The van der Waals surface area contributed by atoms with Gasteiger partial charge in [0.1, 0.15) is 6.10 Å². The van der Waals surface area contributed by atoms with Gasteiger partial charge in [0.15, 0.2) is 5.92 Å². The second kappa shape index (κ2) is 3.81. The maximum atomic E-state index is 12.4. The number of benzene rings is 1. The van der Waals surface area contributed by atoms with Crippen LogP contribution >= 0.6 is 0 Å². The Morgan fingerprint density at radius 1 is 1.19 bits per heavy atom. The number of carbonyl (C=O) groups is 1. The first kappa shape index (κ1) is 11.0. The summed E-state index contributed by atoms with van der Waals surface area (Å²) in [5.41, 5.74) is 0.600. The third kappa shape index (κ3) is 2.03. The van der Waals surface area contributed by atoms with Gasteiger partial charge >= 0.3 is 12.1 Å². The number of cyclic esters (lactones) is 1. The van der Waals surface area contributed by atoms with Crippen LogP contribution in [0.1, 0.15) is 18.1 Å². The first-order valence-corrected chi connectivity index (χ1v) is 4.80. The highest BCUT2D eigenvalue weighted by molar-refractivity contribution is 5.75. The van der Waals surface area contributed by atoms with Crippen molar-refractivity contribution < 1.29 is 22.7 Å². The van der Waals surface area contributed by atoms with E-state index in [1.54, 1.807) is 30.3 Å². The summed E-state index contributed by atoms with van der Waals surface area (Å²) >= 11 is 0. The fraction of sp³-hybridized carbons (Fsp3) is 0.364. The quantitative estimate of drug-likeness (QED) is 0.693. The molecular formula is C11H9F3O2. The molecule has 1 heterocycles. The molecule has 86 valence electrons. The fourth-order valence-corrected chi connectivity index (χ4v) is 1.72. The Bertz CT molecular complexity index is 386. The van der Waals surface area contributed by atoms with Gasteiger partial charge in [-0.2, -0.15) is 13.2 Å². The third-order valence-corrected chi connectivity index (χ3v) is 2.56. The number of rotatable bonds is 1. The average molecular weight is 230 g/mol. The Balaban J connectivity index is 2.16. The van der Waals surface area contributed by atoms with Crippen molar-refractivity contribution in [2.24, 2.45) is 5.92 Å². The van der Waals surface area contributed by atoms with Gasteiger partial charge < -0.3 is 4.74 Å². The first-order valence-electron chi connectivity index (χ1n) is 4.80. The number of halogens is 3. The molecule has 0 unspecified atom stereocenters. The van der Waals surface area contributed by atoms with Gasteiger partial charge in [-0.15, -0.1) is 0 Å². The summed E-state index contributed by atoms with van der Waals surface area (Å²) in [6.07, 6.45) is -5.62. The third-order valence-electron chi connectivity index (χ3n) is 2.56. The van der Waals surface area contributed by atoms with Gasteiger partial charge in [0, 0.05) is 6.42 Å².